The van der Waals surface area contributed by atoms with Crippen molar-refractivity contribution in [1.29, 1.82) is 0 Å². The third-order valence-electron chi connectivity index (χ3n) is 2.05. The number of carbonyl (C=O) groups is 1. The standard InChI is InChI=1S/C10H11N5O/c1-6-2-7(4-12-3-6)14-10(16)8-5-13-15-9(8)11/h2-5H,1H3,(H,14,16)(H3,11,13,15). The Balaban J connectivity index is 2.17. The lowest BCUT2D eigenvalue weighted by molar-refractivity contribution is 0.102. The lowest BCUT2D eigenvalue weighted by atomic mass is 10.2. The first-order valence-corrected chi connectivity index (χ1v) is 4.68. The number of carbonyl (C=O) groups excluding carboxylic acids is 1. The highest BCUT2D eigenvalue weighted by molar-refractivity contribution is 6.06. The SMILES string of the molecule is Cc1cncc(NC(=O)c2cn[nH]c2N)c1. The van der Waals surface area contributed by atoms with Crippen LogP contribution in [0.4, 0.5) is 11.5 Å². The number of aryl methyl sites for hydroxylation is 1. The molecule has 0 atom stereocenters. The number of hydrogen-bond donors (Lipinski definition) is 3. The van der Waals surface area contributed by atoms with Crippen molar-refractivity contribution in [2.24, 2.45) is 0 Å². The summed E-state index contributed by atoms with van der Waals surface area (Å²) < 4.78 is 0. The number of aromatic amines is 1. The van der Waals surface area contributed by atoms with E-state index < -0.39 is 0 Å². The highest BCUT2D eigenvalue weighted by atomic mass is 16.1. The van der Waals surface area contributed by atoms with Crippen molar-refractivity contribution in [2.75, 3.05) is 11.1 Å². The molecule has 0 unspecified atom stereocenters. The molecule has 0 saturated carbocycles. The maximum atomic E-state index is 11.7. The van der Waals surface area contributed by atoms with E-state index in [0.29, 0.717) is 11.3 Å². The minimum atomic E-state index is -0.307. The molecular formula is C10H11N5O. The van der Waals surface area contributed by atoms with Crippen LogP contribution in [0.5, 0.6) is 0 Å². The van der Waals surface area contributed by atoms with E-state index in [0.717, 1.165) is 5.56 Å². The maximum absolute atomic E-state index is 11.7. The number of amides is 1. The van der Waals surface area contributed by atoms with E-state index in [1.165, 1.54) is 6.20 Å². The van der Waals surface area contributed by atoms with Crippen LogP contribution >= 0.6 is 0 Å². The molecule has 0 aliphatic carbocycles. The van der Waals surface area contributed by atoms with Crippen molar-refractivity contribution in [2.45, 2.75) is 6.92 Å². The van der Waals surface area contributed by atoms with Crippen LogP contribution in [-0.4, -0.2) is 21.1 Å². The molecule has 2 aromatic heterocycles. The Morgan fingerprint density at radius 2 is 2.25 bits per heavy atom. The van der Waals surface area contributed by atoms with Crippen LogP contribution in [0.1, 0.15) is 15.9 Å². The minimum Gasteiger partial charge on any atom is -0.383 e. The predicted octanol–water partition coefficient (Wildman–Crippen LogP) is 0.948. The first-order valence-electron chi connectivity index (χ1n) is 4.68. The number of hydrogen-bond acceptors (Lipinski definition) is 4. The highest BCUT2D eigenvalue weighted by Crippen LogP contribution is 2.12. The number of H-pyrrole nitrogens is 1. The molecule has 6 nitrogen and oxygen atoms in total. The fraction of sp³-hybridized carbons (Fsp3) is 0.100. The Morgan fingerprint density at radius 3 is 2.88 bits per heavy atom. The average Bonchev–Trinajstić information content (AvgIpc) is 2.64. The fourth-order valence-electron chi connectivity index (χ4n) is 1.30. The first kappa shape index (κ1) is 10.2. The number of nitrogens with one attached hydrogen (secondary N) is 2. The zero-order valence-electron chi connectivity index (χ0n) is 8.69. The third kappa shape index (κ3) is 2.00. The van der Waals surface area contributed by atoms with Crippen molar-refractivity contribution in [3.05, 3.63) is 35.8 Å². The van der Waals surface area contributed by atoms with E-state index in [1.54, 1.807) is 12.4 Å². The molecule has 0 bridgehead atoms. The first-order chi connectivity index (χ1) is 7.66. The second-order valence-electron chi connectivity index (χ2n) is 3.40. The second-order valence-corrected chi connectivity index (χ2v) is 3.40. The highest BCUT2D eigenvalue weighted by Gasteiger charge is 2.11. The molecule has 0 aliphatic rings. The van der Waals surface area contributed by atoms with Gasteiger partial charge in [0.25, 0.3) is 5.91 Å². The van der Waals surface area contributed by atoms with Crippen molar-refractivity contribution < 1.29 is 4.79 Å². The molecule has 1 amide bonds. The van der Waals surface area contributed by atoms with Crippen molar-refractivity contribution >= 4 is 17.4 Å². The molecule has 6 heteroatoms. The van der Waals surface area contributed by atoms with E-state index in [2.05, 4.69) is 20.5 Å². The van der Waals surface area contributed by atoms with Crippen molar-refractivity contribution in [1.82, 2.24) is 15.2 Å². The van der Waals surface area contributed by atoms with Gasteiger partial charge in [-0.05, 0) is 18.6 Å². The second kappa shape index (κ2) is 4.01. The number of aromatic nitrogens is 3. The van der Waals surface area contributed by atoms with Gasteiger partial charge in [-0.25, -0.2) is 0 Å². The number of anilines is 2. The number of pyridine rings is 1. The van der Waals surface area contributed by atoms with E-state index in [9.17, 15) is 4.79 Å². The molecule has 0 saturated heterocycles. The fourth-order valence-corrected chi connectivity index (χ4v) is 1.30. The lowest BCUT2D eigenvalue weighted by Gasteiger charge is -2.04. The molecule has 0 aliphatic heterocycles. The molecule has 82 valence electrons. The van der Waals surface area contributed by atoms with E-state index in [1.807, 2.05) is 13.0 Å². The zero-order valence-corrected chi connectivity index (χ0v) is 8.69. The molecule has 16 heavy (non-hydrogen) atoms. The monoisotopic (exact) mass is 217 g/mol. The summed E-state index contributed by atoms with van der Waals surface area (Å²) in [6.45, 7) is 1.90. The van der Waals surface area contributed by atoms with Gasteiger partial charge in [-0.3, -0.25) is 14.9 Å². The summed E-state index contributed by atoms with van der Waals surface area (Å²) in [5.74, 6) is -0.0586. The summed E-state index contributed by atoms with van der Waals surface area (Å²) in [5.41, 5.74) is 7.45. The summed E-state index contributed by atoms with van der Waals surface area (Å²) >= 11 is 0. The molecule has 4 N–H and O–H groups in total. The molecule has 0 radical (unpaired) electrons. The minimum absolute atomic E-state index is 0.248. The number of rotatable bonds is 2. The maximum Gasteiger partial charge on any atom is 0.261 e. The molecular weight excluding hydrogens is 206 g/mol. The smallest absolute Gasteiger partial charge is 0.261 e. The predicted molar refractivity (Wildman–Crippen MR) is 59.9 cm³/mol. The Labute approximate surface area is 91.9 Å². The molecule has 2 heterocycles. The largest absolute Gasteiger partial charge is 0.383 e. The molecule has 2 rings (SSSR count). The Bertz CT molecular complexity index is 519. The van der Waals surface area contributed by atoms with Crippen LogP contribution < -0.4 is 11.1 Å². The molecule has 0 aromatic carbocycles. The third-order valence-corrected chi connectivity index (χ3v) is 2.05. The van der Waals surface area contributed by atoms with Crippen LogP contribution in [0.15, 0.2) is 24.7 Å². The van der Waals surface area contributed by atoms with Crippen molar-refractivity contribution in [3.8, 4) is 0 Å². The van der Waals surface area contributed by atoms with Gasteiger partial charge in [-0.1, -0.05) is 0 Å². The average molecular weight is 217 g/mol. The summed E-state index contributed by atoms with van der Waals surface area (Å²) in [7, 11) is 0. The van der Waals surface area contributed by atoms with Crippen LogP contribution in [-0.2, 0) is 0 Å². The lowest BCUT2D eigenvalue weighted by Crippen LogP contribution is -2.13. The van der Waals surface area contributed by atoms with E-state index in [-0.39, 0.29) is 11.7 Å². The zero-order chi connectivity index (χ0) is 11.5. The van der Waals surface area contributed by atoms with Crippen LogP contribution in [0, 0.1) is 6.92 Å². The van der Waals surface area contributed by atoms with Gasteiger partial charge in [0.2, 0.25) is 0 Å². The van der Waals surface area contributed by atoms with Crippen LogP contribution in [0.25, 0.3) is 0 Å². The number of nitrogen functional groups attached to an aromatic ring is 1. The van der Waals surface area contributed by atoms with Gasteiger partial charge in [0, 0.05) is 6.20 Å². The Morgan fingerprint density at radius 1 is 1.44 bits per heavy atom. The van der Waals surface area contributed by atoms with Crippen LogP contribution in [0.3, 0.4) is 0 Å². The van der Waals surface area contributed by atoms with E-state index >= 15 is 0 Å². The summed E-state index contributed by atoms with van der Waals surface area (Å²) in [5, 5.41) is 8.86. The van der Waals surface area contributed by atoms with Gasteiger partial charge >= 0.3 is 0 Å². The normalized spacial score (nSPS) is 10.1. The molecule has 0 fully saturated rings. The topological polar surface area (TPSA) is 96.7 Å². The van der Waals surface area contributed by atoms with Gasteiger partial charge in [-0.15, -0.1) is 0 Å². The van der Waals surface area contributed by atoms with Gasteiger partial charge in [-0.2, -0.15) is 5.10 Å². The Kier molecular flexibility index (Phi) is 2.55. The van der Waals surface area contributed by atoms with Gasteiger partial charge in [0.05, 0.1) is 18.1 Å². The van der Waals surface area contributed by atoms with E-state index in [4.69, 9.17) is 5.73 Å². The summed E-state index contributed by atoms with van der Waals surface area (Å²) in [6, 6.07) is 1.82. The summed E-state index contributed by atoms with van der Waals surface area (Å²) in [4.78, 5) is 15.7. The number of nitrogens with zero attached hydrogens (tertiary/aromatic N) is 2. The van der Waals surface area contributed by atoms with Gasteiger partial charge in [0.15, 0.2) is 0 Å². The van der Waals surface area contributed by atoms with Crippen molar-refractivity contribution in [3.63, 3.8) is 0 Å². The van der Waals surface area contributed by atoms with Crippen LogP contribution in [0.2, 0.25) is 0 Å². The Hall–Kier alpha value is -2.37. The van der Waals surface area contributed by atoms with Gasteiger partial charge < -0.3 is 11.1 Å². The summed E-state index contributed by atoms with van der Waals surface area (Å²) in [6.07, 6.45) is 4.66. The number of nitrogens with two attached hydrogens (primary N) is 1. The molecule has 0 spiro atoms. The molecule has 2 aromatic rings. The quantitative estimate of drug-likeness (QED) is 0.697. The van der Waals surface area contributed by atoms with Gasteiger partial charge in [0.1, 0.15) is 11.4 Å².